The van der Waals surface area contributed by atoms with Crippen molar-refractivity contribution in [3.05, 3.63) is 16.6 Å². The van der Waals surface area contributed by atoms with E-state index in [9.17, 15) is 9.59 Å². The maximum atomic E-state index is 12.2. The zero-order valence-electron chi connectivity index (χ0n) is 11.7. The smallest absolute Gasteiger partial charge is 0.319 e. The summed E-state index contributed by atoms with van der Waals surface area (Å²) < 4.78 is 4.98. The molecule has 1 heterocycles. The van der Waals surface area contributed by atoms with Gasteiger partial charge in [0.15, 0.2) is 0 Å². The third kappa shape index (κ3) is 4.63. The molecule has 1 N–H and O–H groups in total. The maximum absolute atomic E-state index is 12.2. The van der Waals surface area contributed by atoms with Crippen molar-refractivity contribution in [3.8, 4) is 0 Å². The molecule has 0 bridgehead atoms. The molecule has 1 rings (SSSR count). The Hall–Kier alpha value is -1.43. The Morgan fingerprint density at radius 1 is 1.47 bits per heavy atom. The van der Waals surface area contributed by atoms with Gasteiger partial charge in [0.2, 0.25) is 5.91 Å². The minimum absolute atomic E-state index is 0.269. The Morgan fingerprint density at radius 2 is 2.16 bits per heavy atom. The molecule has 0 spiro atoms. The minimum Gasteiger partial charge on any atom is -0.465 e. The molecule has 19 heavy (non-hydrogen) atoms. The lowest BCUT2D eigenvalue weighted by Gasteiger charge is -2.27. The summed E-state index contributed by atoms with van der Waals surface area (Å²) in [4.78, 5) is 28.1. The number of ether oxygens (including phenoxy) is 1. The number of rotatable bonds is 5. The van der Waals surface area contributed by atoms with Crippen molar-refractivity contribution in [3.63, 3.8) is 0 Å². The van der Waals surface area contributed by atoms with Crippen LogP contribution in [0.4, 0.5) is 0 Å². The summed E-state index contributed by atoms with van der Waals surface area (Å²) in [6.45, 7) is 7.86. The third-order valence-corrected chi connectivity index (χ3v) is 3.21. The van der Waals surface area contributed by atoms with E-state index >= 15 is 0 Å². The van der Waals surface area contributed by atoms with Gasteiger partial charge in [0.05, 0.1) is 24.4 Å². The molecule has 1 aromatic rings. The number of carbonyl (C=O) groups is 2. The Kier molecular flexibility index (Phi) is 5.47. The number of hydrogen-bond donors (Lipinski definition) is 1. The van der Waals surface area contributed by atoms with E-state index in [-0.39, 0.29) is 12.5 Å². The summed E-state index contributed by atoms with van der Waals surface area (Å²) in [6, 6.07) is 0. The van der Waals surface area contributed by atoms with Crippen LogP contribution in [-0.2, 0) is 20.9 Å². The summed E-state index contributed by atoms with van der Waals surface area (Å²) >= 11 is 1.47. The largest absolute Gasteiger partial charge is 0.465 e. The molecule has 0 aromatic carbocycles. The van der Waals surface area contributed by atoms with E-state index in [1.807, 2.05) is 26.2 Å². The van der Waals surface area contributed by atoms with Gasteiger partial charge in [-0.15, -0.1) is 11.3 Å². The fourth-order valence-electron chi connectivity index (χ4n) is 1.68. The van der Waals surface area contributed by atoms with Crippen molar-refractivity contribution in [2.75, 3.05) is 6.61 Å². The molecule has 0 fully saturated rings. The second kappa shape index (κ2) is 6.65. The zero-order valence-corrected chi connectivity index (χ0v) is 12.5. The number of hydrogen-bond acceptors (Lipinski definition) is 5. The summed E-state index contributed by atoms with van der Waals surface area (Å²) in [7, 11) is 0. The van der Waals surface area contributed by atoms with Crippen molar-refractivity contribution in [1.29, 1.82) is 0 Å². The monoisotopic (exact) mass is 284 g/mol. The van der Waals surface area contributed by atoms with Crippen molar-refractivity contribution >= 4 is 23.2 Å². The fourth-order valence-corrected chi connectivity index (χ4v) is 2.24. The third-order valence-electron chi connectivity index (χ3n) is 2.58. The van der Waals surface area contributed by atoms with Crippen LogP contribution >= 0.6 is 11.3 Å². The van der Waals surface area contributed by atoms with E-state index in [0.717, 1.165) is 5.69 Å². The lowest BCUT2D eigenvalue weighted by molar-refractivity contribution is -0.156. The van der Waals surface area contributed by atoms with Gasteiger partial charge in [-0.2, -0.15) is 0 Å². The molecular weight excluding hydrogens is 264 g/mol. The van der Waals surface area contributed by atoms with Gasteiger partial charge in [0.25, 0.3) is 0 Å². The molecule has 0 aliphatic carbocycles. The molecule has 0 aliphatic rings. The SMILES string of the molecule is CCOC(=O)C(C(=O)NCc1cscn1)C(C)(C)C. The Labute approximate surface area is 117 Å². The van der Waals surface area contributed by atoms with Crippen LogP contribution in [-0.4, -0.2) is 23.5 Å². The van der Waals surface area contributed by atoms with E-state index in [2.05, 4.69) is 10.3 Å². The van der Waals surface area contributed by atoms with Crippen LogP contribution in [0.15, 0.2) is 10.9 Å². The van der Waals surface area contributed by atoms with Crippen LogP contribution in [0, 0.1) is 11.3 Å². The van der Waals surface area contributed by atoms with Crippen molar-refractivity contribution in [2.24, 2.45) is 11.3 Å². The summed E-state index contributed by atoms with van der Waals surface area (Å²) in [5.74, 6) is -1.61. The first-order chi connectivity index (χ1) is 8.86. The first-order valence-corrected chi connectivity index (χ1v) is 7.12. The number of carbonyl (C=O) groups excluding carboxylic acids is 2. The lowest BCUT2D eigenvalue weighted by atomic mass is 9.80. The first kappa shape index (κ1) is 15.6. The molecule has 5 nitrogen and oxygen atoms in total. The molecule has 1 amide bonds. The maximum Gasteiger partial charge on any atom is 0.319 e. The van der Waals surface area contributed by atoms with Crippen LogP contribution in [0.25, 0.3) is 0 Å². The number of esters is 1. The van der Waals surface area contributed by atoms with Gasteiger partial charge < -0.3 is 10.1 Å². The molecular formula is C13H20N2O3S. The van der Waals surface area contributed by atoms with Gasteiger partial charge in [0, 0.05) is 5.38 Å². The molecule has 0 saturated carbocycles. The second-order valence-corrected chi connectivity index (χ2v) is 5.97. The van der Waals surface area contributed by atoms with Crippen LogP contribution in [0.2, 0.25) is 0 Å². The van der Waals surface area contributed by atoms with Gasteiger partial charge >= 0.3 is 5.97 Å². The molecule has 1 aromatic heterocycles. The van der Waals surface area contributed by atoms with Crippen molar-refractivity contribution < 1.29 is 14.3 Å². The van der Waals surface area contributed by atoms with Gasteiger partial charge in [-0.05, 0) is 12.3 Å². The van der Waals surface area contributed by atoms with Crippen LogP contribution < -0.4 is 5.32 Å². The Bertz CT molecular complexity index is 424. The summed E-state index contributed by atoms with van der Waals surface area (Å²) in [6.07, 6.45) is 0. The lowest BCUT2D eigenvalue weighted by Crippen LogP contribution is -2.43. The Morgan fingerprint density at radius 3 is 2.63 bits per heavy atom. The van der Waals surface area contributed by atoms with Crippen molar-refractivity contribution in [1.82, 2.24) is 10.3 Å². The summed E-state index contributed by atoms with van der Waals surface area (Å²) in [5, 5.41) is 4.59. The highest BCUT2D eigenvalue weighted by atomic mass is 32.1. The van der Waals surface area contributed by atoms with E-state index in [1.54, 1.807) is 12.4 Å². The highest BCUT2D eigenvalue weighted by Gasteiger charge is 2.38. The van der Waals surface area contributed by atoms with Gasteiger partial charge in [-0.1, -0.05) is 20.8 Å². The van der Waals surface area contributed by atoms with E-state index < -0.39 is 17.3 Å². The van der Waals surface area contributed by atoms with Gasteiger partial charge in [-0.25, -0.2) is 4.98 Å². The second-order valence-electron chi connectivity index (χ2n) is 5.25. The zero-order chi connectivity index (χ0) is 14.5. The fraction of sp³-hybridized carbons (Fsp3) is 0.615. The topological polar surface area (TPSA) is 68.3 Å². The van der Waals surface area contributed by atoms with Gasteiger partial charge in [0.1, 0.15) is 5.92 Å². The first-order valence-electron chi connectivity index (χ1n) is 6.17. The summed E-state index contributed by atoms with van der Waals surface area (Å²) in [5.41, 5.74) is 2.00. The Balaban J connectivity index is 2.69. The number of nitrogens with zero attached hydrogens (tertiary/aromatic N) is 1. The molecule has 106 valence electrons. The van der Waals surface area contributed by atoms with Crippen LogP contribution in [0.5, 0.6) is 0 Å². The molecule has 1 atom stereocenters. The molecule has 0 radical (unpaired) electrons. The van der Waals surface area contributed by atoms with Gasteiger partial charge in [-0.3, -0.25) is 9.59 Å². The van der Waals surface area contributed by atoms with E-state index in [1.165, 1.54) is 11.3 Å². The average molecular weight is 284 g/mol. The molecule has 0 saturated heterocycles. The molecule has 1 unspecified atom stereocenters. The van der Waals surface area contributed by atoms with E-state index in [0.29, 0.717) is 6.54 Å². The minimum atomic E-state index is -0.814. The number of thiazole rings is 1. The number of nitrogens with one attached hydrogen (secondary N) is 1. The standard InChI is InChI=1S/C13H20N2O3S/c1-5-18-12(17)10(13(2,3)4)11(16)14-6-9-7-19-8-15-9/h7-8,10H,5-6H2,1-4H3,(H,14,16). The van der Waals surface area contributed by atoms with Crippen LogP contribution in [0.1, 0.15) is 33.4 Å². The quantitative estimate of drug-likeness (QED) is 0.663. The normalized spacial score (nSPS) is 12.8. The van der Waals surface area contributed by atoms with Crippen LogP contribution in [0.3, 0.4) is 0 Å². The number of amides is 1. The predicted molar refractivity (Wildman–Crippen MR) is 73.5 cm³/mol. The highest BCUT2D eigenvalue weighted by Crippen LogP contribution is 2.27. The molecule has 6 heteroatoms. The number of aromatic nitrogens is 1. The van der Waals surface area contributed by atoms with Crippen molar-refractivity contribution in [2.45, 2.75) is 34.2 Å². The highest BCUT2D eigenvalue weighted by molar-refractivity contribution is 7.07. The molecule has 0 aliphatic heterocycles. The average Bonchev–Trinajstić information content (AvgIpc) is 2.77. The van der Waals surface area contributed by atoms with E-state index in [4.69, 9.17) is 4.74 Å². The predicted octanol–water partition coefficient (Wildman–Crippen LogP) is 1.98.